The summed E-state index contributed by atoms with van der Waals surface area (Å²) in [4.78, 5) is 21.7. The molecule has 0 saturated carbocycles. The highest BCUT2D eigenvalue weighted by atomic mass is 32.1. The summed E-state index contributed by atoms with van der Waals surface area (Å²) < 4.78 is 12.9. The number of hydrogen-bond donors (Lipinski definition) is 3. The van der Waals surface area contributed by atoms with Crippen LogP contribution in [-0.4, -0.2) is 36.4 Å². The van der Waals surface area contributed by atoms with E-state index >= 15 is 0 Å². The average Bonchev–Trinajstić information content (AvgIpc) is 2.22. The molecular formula is C6H10O6S2. The SMILES string of the molecule is O=C(CC(OCCO)C(=O)OS)OS. The van der Waals surface area contributed by atoms with Gasteiger partial charge in [-0.1, -0.05) is 0 Å². The number of carbonyl (C=O) groups is 2. The molecule has 0 aromatic rings. The normalized spacial score (nSPS) is 11.9. The highest BCUT2D eigenvalue weighted by Crippen LogP contribution is 2.05. The number of carbonyl (C=O) groups excluding carboxylic acids is 2. The van der Waals surface area contributed by atoms with Crippen LogP contribution in [0.3, 0.4) is 0 Å². The van der Waals surface area contributed by atoms with E-state index in [1.54, 1.807) is 0 Å². The van der Waals surface area contributed by atoms with Gasteiger partial charge in [0.25, 0.3) is 0 Å². The molecule has 14 heavy (non-hydrogen) atoms. The van der Waals surface area contributed by atoms with Gasteiger partial charge in [0.2, 0.25) is 0 Å². The highest BCUT2D eigenvalue weighted by molar-refractivity contribution is 7.75. The minimum atomic E-state index is -1.14. The number of hydrogen-bond acceptors (Lipinski definition) is 8. The van der Waals surface area contributed by atoms with Crippen LogP contribution in [0.1, 0.15) is 6.42 Å². The van der Waals surface area contributed by atoms with Gasteiger partial charge in [0.1, 0.15) is 0 Å². The molecule has 82 valence electrons. The molecule has 8 heteroatoms. The van der Waals surface area contributed by atoms with Gasteiger partial charge in [-0.25, -0.2) is 4.79 Å². The summed E-state index contributed by atoms with van der Waals surface area (Å²) in [5.41, 5.74) is 0. The van der Waals surface area contributed by atoms with Gasteiger partial charge in [-0.2, -0.15) is 0 Å². The van der Waals surface area contributed by atoms with Crippen LogP contribution in [0.15, 0.2) is 0 Å². The van der Waals surface area contributed by atoms with Crippen molar-refractivity contribution in [2.75, 3.05) is 13.2 Å². The second-order valence-electron chi connectivity index (χ2n) is 2.16. The monoisotopic (exact) mass is 242 g/mol. The first kappa shape index (κ1) is 13.6. The fourth-order valence-corrected chi connectivity index (χ4v) is 0.845. The summed E-state index contributed by atoms with van der Waals surface area (Å²) in [5, 5.41) is 8.43. The van der Waals surface area contributed by atoms with Crippen LogP contribution in [-0.2, 0) is 22.7 Å². The third-order valence-electron chi connectivity index (χ3n) is 1.22. The van der Waals surface area contributed by atoms with Crippen LogP contribution in [0.5, 0.6) is 0 Å². The molecule has 0 rings (SSSR count). The highest BCUT2D eigenvalue weighted by Gasteiger charge is 2.24. The van der Waals surface area contributed by atoms with E-state index in [2.05, 4.69) is 34.2 Å². The first-order chi connectivity index (χ1) is 6.65. The Bertz CT molecular complexity index is 197. The van der Waals surface area contributed by atoms with Gasteiger partial charge in [0.05, 0.1) is 19.6 Å². The Morgan fingerprint density at radius 3 is 2.36 bits per heavy atom. The van der Waals surface area contributed by atoms with Gasteiger partial charge in [0.15, 0.2) is 6.10 Å². The molecule has 0 aliphatic carbocycles. The van der Waals surface area contributed by atoms with E-state index in [9.17, 15) is 9.59 Å². The maximum Gasteiger partial charge on any atom is 0.347 e. The predicted octanol–water partition coefficient (Wildman–Crippen LogP) is -0.470. The molecule has 0 spiro atoms. The summed E-state index contributed by atoms with van der Waals surface area (Å²) in [6, 6.07) is 0. The van der Waals surface area contributed by atoms with Crippen LogP contribution in [0.25, 0.3) is 0 Å². The van der Waals surface area contributed by atoms with Crippen molar-refractivity contribution in [3.63, 3.8) is 0 Å². The van der Waals surface area contributed by atoms with E-state index in [1.165, 1.54) is 0 Å². The Kier molecular flexibility index (Phi) is 7.67. The molecule has 0 fully saturated rings. The van der Waals surface area contributed by atoms with Gasteiger partial charge >= 0.3 is 11.9 Å². The van der Waals surface area contributed by atoms with Crippen LogP contribution >= 0.6 is 25.8 Å². The van der Waals surface area contributed by atoms with E-state index in [0.29, 0.717) is 0 Å². The lowest BCUT2D eigenvalue weighted by atomic mass is 10.2. The van der Waals surface area contributed by atoms with Gasteiger partial charge in [-0.05, 0) is 0 Å². The molecule has 1 unspecified atom stereocenters. The summed E-state index contributed by atoms with van der Waals surface area (Å²) >= 11 is 6.52. The number of rotatable bonds is 6. The molecule has 0 aromatic carbocycles. The lowest BCUT2D eigenvalue weighted by molar-refractivity contribution is -0.152. The van der Waals surface area contributed by atoms with E-state index in [1.807, 2.05) is 0 Å². The Balaban J connectivity index is 4.09. The minimum absolute atomic E-state index is 0.0899. The molecule has 0 radical (unpaired) electrons. The van der Waals surface area contributed by atoms with Gasteiger partial charge < -0.3 is 18.2 Å². The number of thiol groups is 2. The smallest absolute Gasteiger partial charge is 0.347 e. The minimum Gasteiger partial charge on any atom is -0.395 e. The maximum absolute atomic E-state index is 10.9. The van der Waals surface area contributed by atoms with Crippen molar-refractivity contribution < 1.29 is 27.8 Å². The van der Waals surface area contributed by atoms with Crippen LogP contribution < -0.4 is 0 Å². The van der Waals surface area contributed by atoms with Crippen LogP contribution in [0, 0.1) is 0 Å². The van der Waals surface area contributed by atoms with Gasteiger partial charge in [-0.3, -0.25) is 4.79 Å². The molecule has 0 aliphatic rings. The first-order valence-corrected chi connectivity index (χ1v) is 4.30. The molecule has 0 heterocycles. The fourth-order valence-electron chi connectivity index (χ4n) is 0.653. The first-order valence-electron chi connectivity index (χ1n) is 3.57. The Morgan fingerprint density at radius 2 is 1.93 bits per heavy atom. The van der Waals surface area contributed by atoms with E-state index in [0.717, 1.165) is 0 Å². The lowest BCUT2D eigenvalue weighted by Gasteiger charge is -2.12. The lowest BCUT2D eigenvalue weighted by Crippen LogP contribution is -2.28. The number of aliphatic hydroxyl groups excluding tert-OH is 1. The van der Waals surface area contributed by atoms with Crippen molar-refractivity contribution in [2.24, 2.45) is 0 Å². The largest absolute Gasteiger partial charge is 0.395 e. The Hall–Kier alpha value is -0.440. The zero-order valence-electron chi connectivity index (χ0n) is 7.08. The van der Waals surface area contributed by atoms with E-state index in [4.69, 9.17) is 9.84 Å². The maximum atomic E-state index is 10.9. The summed E-state index contributed by atoms with van der Waals surface area (Å²) in [7, 11) is 0. The van der Waals surface area contributed by atoms with E-state index in [-0.39, 0.29) is 19.6 Å². The molecule has 0 aliphatic heterocycles. The zero-order valence-corrected chi connectivity index (χ0v) is 8.87. The Morgan fingerprint density at radius 1 is 1.29 bits per heavy atom. The molecule has 0 amide bonds. The quantitative estimate of drug-likeness (QED) is 0.431. The molecule has 0 bridgehead atoms. The second kappa shape index (κ2) is 7.92. The Labute approximate surface area is 91.8 Å². The molecule has 1 atom stereocenters. The predicted molar refractivity (Wildman–Crippen MR) is 51.6 cm³/mol. The standard InChI is InChI=1S/C6H10O6S2/c7-1-2-10-4(6(9)12-14)3-5(8)11-13/h4,7,13-14H,1-3H2. The topological polar surface area (TPSA) is 82.1 Å². The molecule has 0 aromatic heterocycles. The summed E-state index contributed by atoms with van der Waals surface area (Å²) in [6.07, 6.45) is -1.48. The third-order valence-corrected chi connectivity index (χ3v) is 1.60. The van der Waals surface area contributed by atoms with Crippen molar-refractivity contribution >= 4 is 37.8 Å². The molecule has 1 N–H and O–H groups in total. The number of ether oxygens (including phenoxy) is 1. The van der Waals surface area contributed by atoms with Crippen LogP contribution in [0.4, 0.5) is 0 Å². The molecular weight excluding hydrogens is 232 g/mol. The van der Waals surface area contributed by atoms with Crippen molar-refractivity contribution in [3.8, 4) is 0 Å². The van der Waals surface area contributed by atoms with Crippen molar-refractivity contribution in [2.45, 2.75) is 12.5 Å². The van der Waals surface area contributed by atoms with Crippen molar-refractivity contribution in [1.29, 1.82) is 0 Å². The molecule has 6 nitrogen and oxygen atoms in total. The molecule has 0 saturated heterocycles. The average molecular weight is 242 g/mol. The van der Waals surface area contributed by atoms with Crippen LogP contribution in [0.2, 0.25) is 0 Å². The third kappa shape index (κ3) is 5.32. The van der Waals surface area contributed by atoms with Gasteiger partial charge in [0, 0.05) is 25.8 Å². The van der Waals surface area contributed by atoms with Crippen molar-refractivity contribution in [1.82, 2.24) is 0 Å². The number of aliphatic hydroxyl groups is 1. The summed E-state index contributed by atoms with van der Waals surface area (Å²) in [5.74, 6) is -1.57. The zero-order chi connectivity index (χ0) is 11.0. The second-order valence-corrected chi connectivity index (χ2v) is 2.53. The van der Waals surface area contributed by atoms with Gasteiger partial charge in [-0.15, -0.1) is 0 Å². The van der Waals surface area contributed by atoms with E-state index < -0.39 is 18.0 Å². The van der Waals surface area contributed by atoms with Crippen molar-refractivity contribution in [3.05, 3.63) is 0 Å². The fraction of sp³-hybridized carbons (Fsp3) is 0.667. The summed E-state index contributed by atoms with van der Waals surface area (Å²) in [6.45, 7) is -0.361.